The van der Waals surface area contributed by atoms with Gasteiger partial charge in [0.25, 0.3) is 0 Å². The molecule has 0 aliphatic rings. The van der Waals surface area contributed by atoms with E-state index in [1.807, 2.05) is 0 Å². The van der Waals surface area contributed by atoms with E-state index in [1.165, 1.54) is 28.6 Å². The summed E-state index contributed by atoms with van der Waals surface area (Å²) >= 11 is 2.18. The molecule has 0 fully saturated rings. The van der Waals surface area contributed by atoms with Gasteiger partial charge in [-0.15, -0.1) is 0 Å². The maximum Gasteiger partial charge on any atom is 0.122 e. The quantitative estimate of drug-likeness (QED) is 0.644. The lowest BCUT2D eigenvalue weighted by molar-refractivity contribution is 1.22. The summed E-state index contributed by atoms with van der Waals surface area (Å²) in [7, 11) is -1.06. The first-order valence-electron chi connectivity index (χ1n) is 5.91. The van der Waals surface area contributed by atoms with Crippen LogP contribution in [0.15, 0.2) is 29.2 Å². The van der Waals surface area contributed by atoms with E-state index in [-0.39, 0.29) is 0 Å². The maximum atomic E-state index is 2.36. The molecule has 0 amide bonds. The van der Waals surface area contributed by atoms with Crippen molar-refractivity contribution in [1.29, 1.82) is 0 Å². The van der Waals surface area contributed by atoms with Crippen molar-refractivity contribution in [1.82, 2.24) is 0 Å². The molecule has 0 atom stereocenters. The molecule has 84 valence electrons. The fraction of sp³-hybridized carbons (Fsp3) is 0.538. The van der Waals surface area contributed by atoms with Gasteiger partial charge in [-0.3, -0.25) is 0 Å². The molecule has 2 heteroatoms. The van der Waals surface area contributed by atoms with E-state index < -0.39 is 7.22 Å². The standard InChI is InChI=1S/C13H22SSi/c1-5-15(6-2,7-3)14-13-10-8-12(4)9-11-13/h8-11H,5-7H2,1-4H3. The smallest absolute Gasteiger partial charge is 0.122 e. The van der Waals surface area contributed by atoms with Crippen molar-refractivity contribution in [3.8, 4) is 0 Å². The molecule has 0 aromatic heterocycles. The predicted octanol–water partition coefficient (Wildman–Crippen LogP) is 5.09. The first kappa shape index (κ1) is 12.9. The third kappa shape index (κ3) is 3.39. The SMILES string of the molecule is CC[Si](CC)(CC)Sc1ccc(C)cc1. The Morgan fingerprint density at radius 3 is 1.80 bits per heavy atom. The van der Waals surface area contributed by atoms with Crippen molar-refractivity contribution < 1.29 is 0 Å². The van der Waals surface area contributed by atoms with Gasteiger partial charge in [-0.1, -0.05) is 56.6 Å². The van der Waals surface area contributed by atoms with Crippen LogP contribution in [0.25, 0.3) is 0 Å². The highest BCUT2D eigenvalue weighted by atomic mass is 32.4. The number of rotatable bonds is 5. The zero-order chi connectivity index (χ0) is 11.3. The van der Waals surface area contributed by atoms with Gasteiger partial charge in [-0.25, -0.2) is 0 Å². The molecule has 0 unspecified atom stereocenters. The first-order chi connectivity index (χ1) is 7.15. The van der Waals surface area contributed by atoms with E-state index in [4.69, 9.17) is 0 Å². The highest BCUT2D eigenvalue weighted by Crippen LogP contribution is 2.37. The highest BCUT2D eigenvalue weighted by Gasteiger charge is 2.27. The van der Waals surface area contributed by atoms with E-state index >= 15 is 0 Å². The molecule has 1 aromatic carbocycles. The Labute approximate surface area is 99.1 Å². The van der Waals surface area contributed by atoms with Gasteiger partial charge in [-0.05, 0) is 19.1 Å². The number of benzene rings is 1. The normalized spacial score (nSPS) is 11.7. The van der Waals surface area contributed by atoms with Crippen molar-refractivity contribution >= 4 is 18.4 Å². The van der Waals surface area contributed by atoms with Gasteiger partial charge >= 0.3 is 0 Å². The molecule has 0 saturated carbocycles. The third-order valence-corrected chi connectivity index (χ3v) is 12.7. The van der Waals surface area contributed by atoms with Crippen LogP contribution in [0, 0.1) is 6.92 Å². The second kappa shape index (κ2) is 5.76. The Kier molecular flexibility index (Phi) is 4.93. The highest BCUT2D eigenvalue weighted by molar-refractivity contribution is 8.29. The molecule has 15 heavy (non-hydrogen) atoms. The van der Waals surface area contributed by atoms with E-state index in [0.717, 1.165) is 0 Å². The van der Waals surface area contributed by atoms with Crippen LogP contribution in [0.4, 0.5) is 0 Å². The minimum Gasteiger partial charge on any atom is -0.151 e. The fourth-order valence-corrected chi connectivity index (χ4v) is 7.74. The Morgan fingerprint density at radius 1 is 0.933 bits per heavy atom. The van der Waals surface area contributed by atoms with Gasteiger partial charge in [-0.2, -0.15) is 11.2 Å². The van der Waals surface area contributed by atoms with Crippen LogP contribution in [-0.4, -0.2) is 7.22 Å². The molecule has 0 nitrogen and oxygen atoms in total. The number of hydrogen-bond donors (Lipinski definition) is 0. The van der Waals surface area contributed by atoms with Gasteiger partial charge in [0.2, 0.25) is 0 Å². The lowest BCUT2D eigenvalue weighted by atomic mass is 10.2. The summed E-state index contributed by atoms with van der Waals surface area (Å²) in [6.45, 7) is 9.24. The summed E-state index contributed by atoms with van der Waals surface area (Å²) < 4.78 is 0. The number of aryl methyl sites for hydroxylation is 1. The number of hydrogen-bond acceptors (Lipinski definition) is 1. The van der Waals surface area contributed by atoms with E-state index in [1.54, 1.807) is 0 Å². The van der Waals surface area contributed by atoms with Crippen molar-refractivity contribution in [3.63, 3.8) is 0 Å². The Morgan fingerprint density at radius 2 is 1.40 bits per heavy atom. The van der Waals surface area contributed by atoms with Gasteiger partial charge in [0.05, 0.1) is 0 Å². The summed E-state index contributed by atoms with van der Waals surface area (Å²) in [5.74, 6) is 0. The van der Waals surface area contributed by atoms with Crippen LogP contribution in [0.1, 0.15) is 26.3 Å². The van der Waals surface area contributed by atoms with Gasteiger partial charge < -0.3 is 0 Å². The lowest BCUT2D eigenvalue weighted by Gasteiger charge is -2.27. The average Bonchev–Trinajstić information content (AvgIpc) is 2.29. The largest absolute Gasteiger partial charge is 0.151 e. The molecule has 0 bridgehead atoms. The second-order valence-corrected chi connectivity index (χ2v) is 12.5. The topological polar surface area (TPSA) is 0 Å². The third-order valence-electron chi connectivity index (χ3n) is 3.29. The van der Waals surface area contributed by atoms with Gasteiger partial charge in [0.1, 0.15) is 7.22 Å². The van der Waals surface area contributed by atoms with E-state index in [0.29, 0.717) is 0 Å². The van der Waals surface area contributed by atoms with Crippen LogP contribution >= 0.6 is 11.2 Å². The van der Waals surface area contributed by atoms with Crippen molar-refractivity contribution in [2.45, 2.75) is 50.7 Å². The zero-order valence-electron chi connectivity index (χ0n) is 10.3. The van der Waals surface area contributed by atoms with Crippen LogP contribution in [0.3, 0.4) is 0 Å². The molecular weight excluding hydrogens is 216 g/mol. The van der Waals surface area contributed by atoms with Crippen LogP contribution in [0.5, 0.6) is 0 Å². The molecule has 0 saturated heterocycles. The second-order valence-electron chi connectivity index (χ2n) is 4.16. The Bertz CT molecular complexity index is 280. The van der Waals surface area contributed by atoms with E-state index in [9.17, 15) is 0 Å². The summed E-state index contributed by atoms with van der Waals surface area (Å²) in [6, 6.07) is 13.2. The summed E-state index contributed by atoms with van der Waals surface area (Å²) in [5, 5.41) is 0. The molecule has 0 spiro atoms. The van der Waals surface area contributed by atoms with Crippen LogP contribution in [-0.2, 0) is 0 Å². The molecular formula is C13H22SSi. The van der Waals surface area contributed by atoms with Crippen LogP contribution < -0.4 is 0 Å². The monoisotopic (exact) mass is 238 g/mol. The van der Waals surface area contributed by atoms with Crippen molar-refractivity contribution in [2.75, 3.05) is 0 Å². The minimum absolute atomic E-state index is 1.06. The summed E-state index contributed by atoms with van der Waals surface area (Å²) in [4.78, 5) is 1.47. The molecule has 0 heterocycles. The van der Waals surface area contributed by atoms with Gasteiger partial charge in [0, 0.05) is 4.90 Å². The molecule has 1 rings (SSSR count). The first-order valence-corrected chi connectivity index (χ1v) is 10.1. The molecule has 0 N–H and O–H groups in total. The zero-order valence-corrected chi connectivity index (χ0v) is 12.2. The molecule has 0 aliphatic heterocycles. The molecule has 0 aliphatic carbocycles. The van der Waals surface area contributed by atoms with Gasteiger partial charge in [0.15, 0.2) is 0 Å². The van der Waals surface area contributed by atoms with E-state index in [2.05, 4.69) is 63.2 Å². The lowest BCUT2D eigenvalue weighted by Crippen LogP contribution is -2.26. The fourth-order valence-electron chi connectivity index (χ4n) is 1.82. The van der Waals surface area contributed by atoms with Crippen LogP contribution in [0.2, 0.25) is 18.1 Å². The predicted molar refractivity (Wildman–Crippen MR) is 74.2 cm³/mol. The van der Waals surface area contributed by atoms with Crippen molar-refractivity contribution in [3.05, 3.63) is 29.8 Å². The molecule has 0 radical (unpaired) electrons. The summed E-state index contributed by atoms with van der Waals surface area (Å²) in [5.41, 5.74) is 1.36. The van der Waals surface area contributed by atoms with Crippen molar-refractivity contribution in [2.24, 2.45) is 0 Å². The Hall–Kier alpha value is -0.213. The minimum atomic E-state index is -1.06. The molecule has 1 aromatic rings. The Balaban J connectivity index is 2.78. The average molecular weight is 238 g/mol. The summed E-state index contributed by atoms with van der Waals surface area (Å²) in [6.07, 6.45) is 0. The maximum absolute atomic E-state index is 2.36.